The Hall–Kier alpha value is -3.48. The van der Waals surface area contributed by atoms with E-state index in [0.29, 0.717) is 35.5 Å². The van der Waals surface area contributed by atoms with Crippen molar-refractivity contribution in [1.29, 1.82) is 0 Å². The molecule has 3 aromatic rings. The van der Waals surface area contributed by atoms with Gasteiger partial charge in [0.15, 0.2) is 0 Å². The van der Waals surface area contributed by atoms with Crippen LogP contribution in [0.5, 0.6) is 0 Å². The minimum atomic E-state index is -1.64. The van der Waals surface area contributed by atoms with E-state index in [4.69, 9.17) is 14.5 Å². The van der Waals surface area contributed by atoms with Crippen molar-refractivity contribution >= 4 is 22.8 Å². The van der Waals surface area contributed by atoms with E-state index in [9.17, 15) is 14.4 Å². The monoisotopic (exact) mass is 432 g/mol. The number of fused-ring (bicyclic) bond motifs is 5. The van der Waals surface area contributed by atoms with Crippen molar-refractivity contribution in [2.45, 2.75) is 52.4 Å². The molecule has 0 unspecified atom stereocenters. The van der Waals surface area contributed by atoms with E-state index in [1.807, 2.05) is 37.3 Å². The van der Waals surface area contributed by atoms with Crippen LogP contribution in [0.3, 0.4) is 0 Å². The number of carbonyl (C=O) groups is 2. The Bertz CT molecular complexity index is 1340. The van der Waals surface area contributed by atoms with Crippen LogP contribution in [0.15, 0.2) is 41.2 Å². The third-order valence-corrected chi connectivity index (χ3v) is 6.67. The first kappa shape index (κ1) is 20.4. The summed E-state index contributed by atoms with van der Waals surface area (Å²) in [6.45, 7) is 5.65. The Morgan fingerprint density at radius 2 is 2.03 bits per heavy atom. The fraction of sp³-hybridized carbons (Fsp3) is 0.360. The zero-order valence-electron chi connectivity index (χ0n) is 18.3. The van der Waals surface area contributed by atoms with Crippen LogP contribution in [-0.2, 0) is 37.8 Å². The molecule has 5 rings (SSSR count). The topological polar surface area (TPSA) is 87.5 Å². The van der Waals surface area contributed by atoms with E-state index in [0.717, 1.165) is 16.5 Å². The van der Waals surface area contributed by atoms with Gasteiger partial charge in [0.05, 0.1) is 34.9 Å². The van der Waals surface area contributed by atoms with Crippen LogP contribution in [-0.4, -0.2) is 21.5 Å². The van der Waals surface area contributed by atoms with Crippen LogP contribution < -0.4 is 5.56 Å². The van der Waals surface area contributed by atoms with Gasteiger partial charge in [-0.2, -0.15) is 0 Å². The number of ether oxygens (including phenoxy) is 2. The highest BCUT2D eigenvalue weighted by Crippen LogP contribution is 2.41. The summed E-state index contributed by atoms with van der Waals surface area (Å²) in [5.41, 5.74) is 1.98. The minimum absolute atomic E-state index is 0.137. The fourth-order valence-electron chi connectivity index (χ4n) is 4.52. The summed E-state index contributed by atoms with van der Waals surface area (Å²) in [5, 5.41) is 1.00. The van der Waals surface area contributed by atoms with Gasteiger partial charge in [0.2, 0.25) is 5.60 Å². The van der Waals surface area contributed by atoms with Gasteiger partial charge in [-0.05, 0) is 31.0 Å². The molecule has 4 heterocycles. The number of aromatic nitrogens is 2. The summed E-state index contributed by atoms with van der Waals surface area (Å²) in [6.07, 6.45) is 0.750. The van der Waals surface area contributed by atoms with E-state index in [1.54, 1.807) is 24.5 Å². The van der Waals surface area contributed by atoms with Gasteiger partial charge in [-0.15, -0.1) is 0 Å². The van der Waals surface area contributed by atoms with Gasteiger partial charge < -0.3 is 14.0 Å². The number of rotatable bonds is 4. The van der Waals surface area contributed by atoms with Crippen LogP contribution >= 0.6 is 0 Å². The number of cyclic esters (lactones) is 1. The molecule has 0 bridgehead atoms. The largest absolute Gasteiger partial charge is 0.457 e. The Kier molecular flexibility index (Phi) is 4.65. The lowest BCUT2D eigenvalue weighted by Gasteiger charge is -2.36. The minimum Gasteiger partial charge on any atom is -0.457 e. The molecule has 164 valence electrons. The SMILES string of the molecule is CC[C@@H](C)C(=O)O[C@]1(CC)C(=O)OCc2c1cc1n(c2=O)Cc2cc3ccccc3nc2-1. The third kappa shape index (κ3) is 2.80. The van der Waals surface area contributed by atoms with Crippen molar-refractivity contribution in [3.63, 3.8) is 0 Å². The quantitative estimate of drug-likeness (QED) is 0.457. The lowest BCUT2D eigenvalue weighted by atomic mass is 9.85. The molecule has 0 amide bonds. The predicted octanol–water partition coefficient (Wildman–Crippen LogP) is 3.68. The summed E-state index contributed by atoms with van der Waals surface area (Å²) in [7, 11) is 0. The standard InChI is InChI=1S/C25H24N2O5/c1-4-14(3)23(29)32-25(5-2)18-11-20-21-16(10-15-8-6-7-9-19(15)26-21)12-27(20)22(28)17(18)13-31-24(25)30/h6-11,14H,4-5,12-13H2,1-3H3/t14-,25+/m1/s1. The summed E-state index contributed by atoms with van der Waals surface area (Å²) in [4.78, 5) is 43.9. The second kappa shape index (κ2) is 7.29. The molecule has 2 aromatic heterocycles. The normalized spacial score (nSPS) is 19.7. The molecule has 0 saturated heterocycles. The molecule has 0 N–H and O–H groups in total. The summed E-state index contributed by atoms with van der Waals surface area (Å²) >= 11 is 0. The average molecular weight is 432 g/mol. The number of nitrogens with zero attached hydrogens (tertiary/aromatic N) is 2. The zero-order chi connectivity index (χ0) is 22.6. The number of pyridine rings is 2. The Labute approximate surface area is 185 Å². The molecule has 32 heavy (non-hydrogen) atoms. The molecule has 1 aromatic carbocycles. The van der Waals surface area contributed by atoms with E-state index in [1.165, 1.54) is 0 Å². The van der Waals surface area contributed by atoms with Gasteiger partial charge in [0.1, 0.15) is 6.61 Å². The van der Waals surface area contributed by atoms with Crippen molar-refractivity contribution in [2.75, 3.05) is 0 Å². The number of esters is 2. The molecule has 7 heteroatoms. The fourth-order valence-corrected chi connectivity index (χ4v) is 4.52. The molecule has 0 spiro atoms. The van der Waals surface area contributed by atoms with Crippen LogP contribution in [0.1, 0.15) is 50.3 Å². The smallest absolute Gasteiger partial charge is 0.355 e. The lowest BCUT2D eigenvalue weighted by Crippen LogP contribution is -2.48. The number of hydrogen-bond acceptors (Lipinski definition) is 6. The first-order valence-electron chi connectivity index (χ1n) is 11.0. The highest BCUT2D eigenvalue weighted by Gasteiger charge is 2.50. The zero-order valence-corrected chi connectivity index (χ0v) is 18.3. The molecule has 0 fully saturated rings. The Morgan fingerprint density at radius 1 is 1.25 bits per heavy atom. The van der Waals surface area contributed by atoms with Gasteiger partial charge in [-0.1, -0.05) is 39.0 Å². The average Bonchev–Trinajstić information content (AvgIpc) is 3.16. The highest BCUT2D eigenvalue weighted by atomic mass is 16.6. The summed E-state index contributed by atoms with van der Waals surface area (Å²) in [6, 6.07) is 11.6. The molecule has 2 aliphatic heterocycles. The van der Waals surface area contributed by atoms with Gasteiger partial charge >= 0.3 is 11.9 Å². The van der Waals surface area contributed by atoms with E-state index in [2.05, 4.69) is 0 Å². The number of benzene rings is 1. The molecular weight excluding hydrogens is 408 g/mol. The van der Waals surface area contributed by atoms with Crippen LogP contribution in [0.4, 0.5) is 0 Å². The van der Waals surface area contributed by atoms with Gasteiger partial charge in [0.25, 0.3) is 5.56 Å². The Balaban J connectivity index is 1.72. The highest BCUT2D eigenvalue weighted by molar-refractivity contribution is 5.88. The number of para-hydroxylation sites is 1. The maximum atomic E-state index is 13.5. The molecular formula is C25H24N2O5. The van der Waals surface area contributed by atoms with E-state index >= 15 is 0 Å². The van der Waals surface area contributed by atoms with Crippen molar-refractivity contribution in [3.05, 3.63) is 63.4 Å². The molecule has 2 aliphatic rings. The third-order valence-electron chi connectivity index (χ3n) is 6.67. The molecule has 2 atom stereocenters. The lowest BCUT2D eigenvalue weighted by molar-refractivity contribution is -0.191. The Morgan fingerprint density at radius 3 is 2.78 bits per heavy atom. The maximum Gasteiger partial charge on any atom is 0.355 e. The van der Waals surface area contributed by atoms with Gasteiger partial charge in [-0.25, -0.2) is 9.78 Å². The number of carbonyl (C=O) groups excluding carboxylic acids is 2. The van der Waals surface area contributed by atoms with Crippen LogP contribution in [0.2, 0.25) is 0 Å². The molecule has 0 saturated carbocycles. The second-order valence-electron chi connectivity index (χ2n) is 8.49. The molecule has 0 aliphatic carbocycles. The molecule has 0 radical (unpaired) electrons. The summed E-state index contributed by atoms with van der Waals surface area (Å²) < 4.78 is 12.8. The van der Waals surface area contributed by atoms with Crippen molar-refractivity contribution < 1.29 is 19.1 Å². The predicted molar refractivity (Wildman–Crippen MR) is 118 cm³/mol. The van der Waals surface area contributed by atoms with Gasteiger partial charge in [0, 0.05) is 16.5 Å². The van der Waals surface area contributed by atoms with Crippen LogP contribution in [0, 0.1) is 5.92 Å². The number of hydrogen-bond donors (Lipinski definition) is 0. The van der Waals surface area contributed by atoms with Gasteiger partial charge in [-0.3, -0.25) is 9.59 Å². The summed E-state index contributed by atoms with van der Waals surface area (Å²) in [5.74, 6) is -1.50. The van der Waals surface area contributed by atoms with Crippen molar-refractivity contribution in [2.24, 2.45) is 5.92 Å². The molecule has 7 nitrogen and oxygen atoms in total. The van der Waals surface area contributed by atoms with Crippen LogP contribution in [0.25, 0.3) is 22.3 Å². The van der Waals surface area contributed by atoms with E-state index in [-0.39, 0.29) is 24.5 Å². The first-order chi connectivity index (χ1) is 15.4. The second-order valence-corrected chi connectivity index (χ2v) is 8.49. The van der Waals surface area contributed by atoms with Crippen molar-refractivity contribution in [1.82, 2.24) is 9.55 Å². The van der Waals surface area contributed by atoms with E-state index < -0.39 is 17.5 Å². The maximum absolute atomic E-state index is 13.5. The first-order valence-corrected chi connectivity index (χ1v) is 11.0. The van der Waals surface area contributed by atoms with Crippen molar-refractivity contribution in [3.8, 4) is 11.4 Å².